The predicted octanol–water partition coefficient (Wildman–Crippen LogP) is 3.06. The van der Waals surface area contributed by atoms with Crippen LogP contribution in [0.1, 0.15) is 30.0 Å². The molecular formula is C11H19BrN2S. The number of halogens is 1. The van der Waals surface area contributed by atoms with Crippen molar-refractivity contribution in [2.24, 2.45) is 0 Å². The smallest absolute Gasteiger partial charge is 0.0897 e. The van der Waals surface area contributed by atoms with Crippen molar-refractivity contribution in [3.63, 3.8) is 0 Å². The van der Waals surface area contributed by atoms with Gasteiger partial charge in [-0.05, 0) is 32.9 Å². The Morgan fingerprint density at radius 3 is 2.67 bits per heavy atom. The van der Waals surface area contributed by atoms with Crippen LogP contribution in [0.25, 0.3) is 0 Å². The quantitative estimate of drug-likeness (QED) is 0.851. The van der Waals surface area contributed by atoms with E-state index >= 15 is 0 Å². The summed E-state index contributed by atoms with van der Waals surface area (Å²) in [5.74, 6) is 0. The highest BCUT2D eigenvalue weighted by atomic mass is 79.9. The van der Waals surface area contributed by atoms with Gasteiger partial charge in [-0.15, -0.1) is 28.3 Å². The van der Waals surface area contributed by atoms with E-state index in [1.807, 2.05) is 0 Å². The minimum atomic E-state index is 0. The van der Waals surface area contributed by atoms with Crippen molar-refractivity contribution in [2.45, 2.75) is 32.6 Å². The summed E-state index contributed by atoms with van der Waals surface area (Å²) in [5.41, 5.74) is 1.28. The Kier molecular flexibility index (Phi) is 5.79. The van der Waals surface area contributed by atoms with Crippen LogP contribution in [0.2, 0.25) is 0 Å². The molecule has 2 nitrogen and oxygen atoms in total. The third kappa shape index (κ3) is 4.21. The molecule has 0 spiro atoms. The van der Waals surface area contributed by atoms with Crippen molar-refractivity contribution in [1.29, 1.82) is 0 Å². The highest BCUT2D eigenvalue weighted by Gasteiger charge is 2.10. The molecule has 1 saturated heterocycles. The molecular weight excluding hydrogens is 272 g/mol. The Hall–Kier alpha value is 0.0700. The lowest BCUT2D eigenvalue weighted by Gasteiger charge is -2.25. The van der Waals surface area contributed by atoms with E-state index in [4.69, 9.17) is 0 Å². The summed E-state index contributed by atoms with van der Waals surface area (Å²) in [4.78, 5) is 7.05. The van der Waals surface area contributed by atoms with E-state index in [0.717, 1.165) is 6.42 Å². The Morgan fingerprint density at radius 2 is 2.07 bits per heavy atom. The third-order valence-corrected chi connectivity index (χ3v) is 3.62. The molecule has 1 aromatic heterocycles. The topological polar surface area (TPSA) is 16.1 Å². The molecule has 2 rings (SSSR count). The summed E-state index contributed by atoms with van der Waals surface area (Å²) in [6, 6.07) is 0. The Bertz CT molecular complexity index is 282. The number of nitrogens with zero attached hydrogens (tertiary/aromatic N) is 2. The van der Waals surface area contributed by atoms with Gasteiger partial charge in [0.2, 0.25) is 0 Å². The zero-order valence-electron chi connectivity index (χ0n) is 9.24. The van der Waals surface area contributed by atoms with Crippen molar-refractivity contribution in [1.82, 2.24) is 9.88 Å². The highest BCUT2D eigenvalue weighted by Crippen LogP contribution is 2.12. The minimum absolute atomic E-state index is 0. The largest absolute Gasteiger partial charge is 0.303 e. The summed E-state index contributed by atoms with van der Waals surface area (Å²) in [5, 5.41) is 3.39. The number of aromatic nitrogens is 1. The second-order valence-corrected chi connectivity index (χ2v) is 5.07. The highest BCUT2D eigenvalue weighted by molar-refractivity contribution is 8.93. The second kappa shape index (κ2) is 6.61. The summed E-state index contributed by atoms with van der Waals surface area (Å²) in [6.45, 7) is 5.87. The van der Waals surface area contributed by atoms with Crippen molar-refractivity contribution in [2.75, 3.05) is 19.6 Å². The Balaban J connectivity index is 0.00000112. The molecule has 0 atom stereocenters. The monoisotopic (exact) mass is 290 g/mol. The van der Waals surface area contributed by atoms with Gasteiger partial charge >= 0.3 is 0 Å². The Morgan fingerprint density at radius 1 is 1.33 bits per heavy atom. The van der Waals surface area contributed by atoms with E-state index in [-0.39, 0.29) is 17.0 Å². The molecule has 0 aliphatic carbocycles. The molecule has 4 heteroatoms. The first-order valence-corrected chi connectivity index (χ1v) is 6.36. The summed E-state index contributed by atoms with van der Waals surface area (Å²) >= 11 is 1.76. The summed E-state index contributed by atoms with van der Waals surface area (Å²) in [7, 11) is 0. The van der Waals surface area contributed by atoms with Crippen molar-refractivity contribution in [3.05, 3.63) is 16.1 Å². The van der Waals surface area contributed by atoms with Gasteiger partial charge in [0, 0.05) is 18.3 Å². The van der Waals surface area contributed by atoms with E-state index in [9.17, 15) is 0 Å². The van der Waals surface area contributed by atoms with Crippen LogP contribution in [0.4, 0.5) is 0 Å². The molecule has 1 aromatic rings. The molecule has 0 unspecified atom stereocenters. The lowest BCUT2D eigenvalue weighted by molar-refractivity contribution is 0.231. The van der Waals surface area contributed by atoms with Crippen molar-refractivity contribution >= 4 is 28.3 Å². The molecule has 1 fully saturated rings. The fourth-order valence-corrected chi connectivity index (χ4v) is 2.63. The summed E-state index contributed by atoms with van der Waals surface area (Å²) < 4.78 is 0. The van der Waals surface area contributed by atoms with E-state index in [1.165, 1.54) is 49.6 Å². The van der Waals surface area contributed by atoms with Crippen LogP contribution in [0.15, 0.2) is 5.38 Å². The van der Waals surface area contributed by atoms with Gasteiger partial charge in [0.25, 0.3) is 0 Å². The van der Waals surface area contributed by atoms with Gasteiger partial charge in [0.05, 0.1) is 10.7 Å². The van der Waals surface area contributed by atoms with Crippen LogP contribution < -0.4 is 0 Å². The average Bonchev–Trinajstić information content (AvgIpc) is 2.63. The van der Waals surface area contributed by atoms with E-state index in [2.05, 4.69) is 22.2 Å². The number of hydrogen-bond acceptors (Lipinski definition) is 3. The lowest BCUT2D eigenvalue weighted by Crippen LogP contribution is -2.31. The van der Waals surface area contributed by atoms with Gasteiger partial charge in [0.1, 0.15) is 0 Å². The van der Waals surface area contributed by atoms with Crippen LogP contribution in [0.3, 0.4) is 0 Å². The Labute approximate surface area is 106 Å². The molecule has 0 aromatic carbocycles. The molecule has 86 valence electrons. The van der Waals surface area contributed by atoms with Gasteiger partial charge in [-0.1, -0.05) is 6.42 Å². The molecule has 0 bridgehead atoms. The number of thiazole rings is 1. The van der Waals surface area contributed by atoms with E-state index < -0.39 is 0 Å². The van der Waals surface area contributed by atoms with Crippen LogP contribution in [0.5, 0.6) is 0 Å². The number of aryl methyl sites for hydroxylation is 1. The SMILES string of the molecule is Br.Cc1nc(CCN2CCCCC2)cs1. The maximum atomic E-state index is 4.49. The van der Waals surface area contributed by atoms with E-state index in [1.54, 1.807) is 11.3 Å². The molecule has 0 N–H and O–H groups in total. The predicted molar refractivity (Wildman–Crippen MR) is 71.2 cm³/mol. The molecule has 2 heterocycles. The fourth-order valence-electron chi connectivity index (χ4n) is 1.98. The van der Waals surface area contributed by atoms with Crippen molar-refractivity contribution < 1.29 is 0 Å². The first kappa shape index (κ1) is 13.1. The van der Waals surface area contributed by atoms with Gasteiger partial charge < -0.3 is 4.90 Å². The molecule has 1 aliphatic heterocycles. The minimum Gasteiger partial charge on any atom is -0.303 e. The first-order chi connectivity index (χ1) is 6.84. The lowest BCUT2D eigenvalue weighted by atomic mass is 10.1. The standard InChI is InChI=1S/C11H18N2S.BrH/c1-10-12-11(9-14-10)5-8-13-6-3-2-4-7-13;/h9H,2-8H2,1H3;1H. The van der Waals surface area contributed by atoms with Crippen LogP contribution in [0, 0.1) is 6.92 Å². The second-order valence-electron chi connectivity index (χ2n) is 4.01. The summed E-state index contributed by atoms with van der Waals surface area (Å²) in [6.07, 6.45) is 5.32. The number of rotatable bonds is 3. The van der Waals surface area contributed by atoms with Crippen LogP contribution in [-0.2, 0) is 6.42 Å². The zero-order valence-corrected chi connectivity index (χ0v) is 11.8. The maximum Gasteiger partial charge on any atom is 0.0897 e. The average molecular weight is 291 g/mol. The van der Waals surface area contributed by atoms with E-state index in [0.29, 0.717) is 0 Å². The number of likely N-dealkylation sites (tertiary alicyclic amines) is 1. The van der Waals surface area contributed by atoms with Gasteiger partial charge in [-0.2, -0.15) is 0 Å². The molecule has 1 aliphatic rings. The fraction of sp³-hybridized carbons (Fsp3) is 0.727. The van der Waals surface area contributed by atoms with Crippen LogP contribution in [-0.4, -0.2) is 29.5 Å². The molecule has 15 heavy (non-hydrogen) atoms. The number of piperidine rings is 1. The van der Waals surface area contributed by atoms with Crippen molar-refractivity contribution in [3.8, 4) is 0 Å². The first-order valence-electron chi connectivity index (χ1n) is 5.48. The van der Waals surface area contributed by atoms with Gasteiger partial charge in [-0.3, -0.25) is 0 Å². The normalized spacial score (nSPS) is 17.4. The van der Waals surface area contributed by atoms with Crippen LogP contribution >= 0.6 is 28.3 Å². The maximum absolute atomic E-state index is 4.49. The third-order valence-electron chi connectivity index (χ3n) is 2.80. The zero-order chi connectivity index (χ0) is 9.80. The molecule has 0 saturated carbocycles. The van der Waals surface area contributed by atoms with Gasteiger partial charge in [-0.25, -0.2) is 4.98 Å². The molecule has 0 amide bonds. The molecule has 0 radical (unpaired) electrons. The number of hydrogen-bond donors (Lipinski definition) is 0. The van der Waals surface area contributed by atoms with Gasteiger partial charge in [0.15, 0.2) is 0 Å².